The Morgan fingerprint density at radius 2 is 1.71 bits per heavy atom. The first-order chi connectivity index (χ1) is 18.2. The number of hydrogen-bond acceptors (Lipinski definition) is 6. The standard InChI is InChI=1S/C28H36F3N5O2/c1-3-25(37)22-8-6-4-5-7-20(22)17-24-23(28(29,30)31)18-32-27(34-24)33-21-11-9-19(10-12-21)26(38)36-15-13-35(2)14-16-36/h9-12,18,20,22H,3-8,13-17H2,1-2H3,(H,32,33,34)/t20-,22-/m0/s1. The Labute approximate surface area is 221 Å². The maximum absolute atomic E-state index is 13.9. The minimum Gasteiger partial charge on any atom is -0.336 e. The molecule has 1 aliphatic heterocycles. The lowest BCUT2D eigenvalue weighted by Crippen LogP contribution is -2.47. The molecule has 2 fully saturated rings. The molecule has 1 saturated carbocycles. The molecule has 1 aliphatic carbocycles. The smallest absolute Gasteiger partial charge is 0.336 e. The van der Waals surface area contributed by atoms with E-state index in [0.717, 1.165) is 38.5 Å². The number of nitrogens with zero attached hydrogens (tertiary/aromatic N) is 4. The van der Waals surface area contributed by atoms with Crippen LogP contribution in [0.15, 0.2) is 30.5 Å². The predicted molar refractivity (Wildman–Crippen MR) is 139 cm³/mol. The van der Waals surface area contributed by atoms with Crippen molar-refractivity contribution in [1.29, 1.82) is 0 Å². The van der Waals surface area contributed by atoms with Gasteiger partial charge in [0.1, 0.15) is 5.78 Å². The van der Waals surface area contributed by atoms with Gasteiger partial charge in [0, 0.05) is 56.0 Å². The number of carbonyl (C=O) groups excluding carboxylic acids is 2. The van der Waals surface area contributed by atoms with E-state index >= 15 is 0 Å². The van der Waals surface area contributed by atoms with Gasteiger partial charge in [0.15, 0.2) is 0 Å². The number of likely N-dealkylation sites (N-methyl/N-ethyl adjacent to an activating group) is 1. The number of anilines is 2. The summed E-state index contributed by atoms with van der Waals surface area (Å²) in [5, 5.41) is 2.98. The van der Waals surface area contributed by atoms with E-state index in [9.17, 15) is 22.8 Å². The fourth-order valence-electron chi connectivity index (χ4n) is 5.45. The van der Waals surface area contributed by atoms with E-state index in [2.05, 4.69) is 20.2 Å². The van der Waals surface area contributed by atoms with Crippen LogP contribution in [0, 0.1) is 11.8 Å². The molecule has 1 saturated heterocycles. The van der Waals surface area contributed by atoms with Gasteiger partial charge in [0.2, 0.25) is 5.95 Å². The molecule has 0 bridgehead atoms. The number of Topliss-reactive ketones (excluding diaryl/α,β-unsaturated/α-hetero) is 1. The minimum atomic E-state index is -4.59. The van der Waals surface area contributed by atoms with Crippen LogP contribution in [0.5, 0.6) is 0 Å². The number of ketones is 1. The van der Waals surface area contributed by atoms with E-state index in [-0.39, 0.29) is 41.6 Å². The lowest BCUT2D eigenvalue weighted by Gasteiger charge is -2.32. The highest BCUT2D eigenvalue weighted by Gasteiger charge is 2.37. The summed E-state index contributed by atoms with van der Waals surface area (Å²) in [5.41, 5.74) is 0.175. The zero-order valence-electron chi connectivity index (χ0n) is 22.1. The van der Waals surface area contributed by atoms with E-state index in [1.807, 2.05) is 18.9 Å². The lowest BCUT2D eigenvalue weighted by atomic mass is 9.80. The highest BCUT2D eigenvalue weighted by atomic mass is 19.4. The highest BCUT2D eigenvalue weighted by molar-refractivity contribution is 5.94. The number of halogens is 3. The molecule has 2 aromatic rings. The van der Waals surface area contributed by atoms with Crippen molar-refractivity contribution in [1.82, 2.24) is 19.8 Å². The third-order valence-electron chi connectivity index (χ3n) is 7.73. The molecule has 2 aliphatic rings. The quantitative estimate of drug-likeness (QED) is 0.486. The molecule has 1 aromatic carbocycles. The van der Waals surface area contributed by atoms with Crippen molar-refractivity contribution in [3.8, 4) is 0 Å². The second-order valence-electron chi connectivity index (χ2n) is 10.4. The summed E-state index contributed by atoms with van der Waals surface area (Å²) < 4.78 is 41.6. The van der Waals surface area contributed by atoms with Crippen LogP contribution < -0.4 is 5.32 Å². The molecule has 38 heavy (non-hydrogen) atoms. The summed E-state index contributed by atoms with van der Waals surface area (Å²) >= 11 is 0. The van der Waals surface area contributed by atoms with E-state index in [4.69, 9.17) is 0 Å². The van der Waals surface area contributed by atoms with Crippen molar-refractivity contribution in [2.75, 3.05) is 38.5 Å². The van der Waals surface area contributed by atoms with Crippen LogP contribution in [0.25, 0.3) is 0 Å². The summed E-state index contributed by atoms with van der Waals surface area (Å²) in [6.45, 7) is 4.80. The summed E-state index contributed by atoms with van der Waals surface area (Å²) in [5.74, 6) is -0.284. The predicted octanol–water partition coefficient (Wildman–Crippen LogP) is 5.34. The first-order valence-electron chi connectivity index (χ1n) is 13.5. The summed E-state index contributed by atoms with van der Waals surface area (Å²) in [4.78, 5) is 37.6. The third-order valence-corrected chi connectivity index (χ3v) is 7.73. The normalized spacial score (nSPS) is 21.1. The number of amides is 1. The number of alkyl halides is 3. The zero-order valence-corrected chi connectivity index (χ0v) is 22.1. The summed E-state index contributed by atoms with van der Waals surface area (Å²) in [7, 11) is 2.02. The van der Waals surface area contributed by atoms with E-state index in [0.29, 0.717) is 43.6 Å². The Hall–Kier alpha value is -3.01. The van der Waals surface area contributed by atoms with Crippen LogP contribution in [0.2, 0.25) is 0 Å². The Kier molecular flexibility index (Phi) is 9.02. The second kappa shape index (κ2) is 12.2. The molecule has 1 aromatic heterocycles. The lowest BCUT2D eigenvalue weighted by molar-refractivity contribution is -0.138. The van der Waals surface area contributed by atoms with Crippen molar-refractivity contribution in [3.05, 3.63) is 47.3 Å². The molecule has 2 heterocycles. The van der Waals surface area contributed by atoms with Crippen molar-refractivity contribution in [2.45, 2.75) is 58.0 Å². The largest absolute Gasteiger partial charge is 0.419 e. The molecule has 1 N–H and O–H groups in total. The van der Waals surface area contributed by atoms with Gasteiger partial charge >= 0.3 is 6.18 Å². The van der Waals surface area contributed by atoms with Crippen LogP contribution in [0.4, 0.5) is 24.8 Å². The van der Waals surface area contributed by atoms with Crippen molar-refractivity contribution >= 4 is 23.3 Å². The van der Waals surface area contributed by atoms with Gasteiger partial charge in [-0.15, -0.1) is 0 Å². The Morgan fingerprint density at radius 1 is 1.03 bits per heavy atom. The zero-order chi connectivity index (χ0) is 27.3. The molecule has 2 atom stereocenters. The van der Waals surface area contributed by atoms with E-state index in [1.54, 1.807) is 24.3 Å². The van der Waals surface area contributed by atoms with Crippen LogP contribution in [0.1, 0.15) is 67.1 Å². The van der Waals surface area contributed by atoms with Crippen LogP contribution in [0.3, 0.4) is 0 Å². The molecule has 1 amide bonds. The molecule has 0 radical (unpaired) electrons. The van der Waals surface area contributed by atoms with Gasteiger partial charge in [0.05, 0.1) is 11.3 Å². The topological polar surface area (TPSA) is 78.4 Å². The SMILES string of the molecule is CCC(=O)[C@H]1CCCCC[C@H]1Cc1nc(Nc2ccc(C(=O)N3CCN(C)CC3)cc2)ncc1C(F)(F)F. The minimum absolute atomic E-state index is 0.0442. The maximum Gasteiger partial charge on any atom is 0.419 e. The number of piperazine rings is 1. The molecule has 0 unspecified atom stereocenters. The average molecular weight is 532 g/mol. The van der Waals surface area contributed by atoms with E-state index < -0.39 is 11.7 Å². The number of hydrogen-bond donors (Lipinski definition) is 1. The third kappa shape index (κ3) is 6.89. The maximum atomic E-state index is 13.9. The Balaban J connectivity index is 1.52. The van der Waals surface area contributed by atoms with Gasteiger partial charge in [0.25, 0.3) is 5.91 Å². The molecule has 7 nitrogen and oxygen atoms in total. The summed E-state index contributed by atoms with van der Waals surface area (Å²) in [6, 6.07) is 6.79. The molecule has 10 heteroatoms. The Morgan fingerprint density at radius 3 is 2.37 bits per heavy atom. The van der Waals surface area contributed by atoms with Gasteiger partial charge in [-0.3, -0.25) is 9.59 Å². The number of carbonyl (C=O) groups is 2. The van der Waals surface area contributed by atoms with Crippen molar-refractivity contribution < 1.29 is 22.8 Å². The highest BCUT2D eigenvalue weighted by Crippen LogP contribution is 2.37. The van der Waals surface area contributed by atoms with Gasteiger partial charge < -0.3 is 15.1 Å². The first kappa shape index (κ1) is 28.0. The monoisotopic (exact) mass is 531 g/mol. The fraction of sp³-hybridized carbons (Fsp3) is 0.571. The molecular formula is C28H36F3N5O2. The van der Waals surface area contributed by atoms with Gasteiger partial charge in [-0.05, 0) is 56.5 Å². The molecule has 4 rings (SSSR count). The number of aromatic nitrogens is 2. The van der Waals surface area contributed by atoms with Crippen molar-refractivity contribution in [3.63, 3.8) is 0 Å². The first-order valence-corrected chi connectivity index (χ1v) is 13.5. The number of rotatable bonds is 7. The second-order valence-corrected chi connectivity index (χ2v) is 10.4. The van der Waals surface area contributed by atoms with Crippen LogP contribution >= 0.6 is 0 Å². The van der Waals surface area contributed by atoms with Gasteiger partial charge in [-0.1, -0.05) is 26.2 Å². The van der Waals surface area contributed by atoms with Gasteiger partial charge in [-0.25, -0.2) is 9.97 Å². The average Bonchev–Trinajstić information content (AvgIpc) is 3.13. The van der Waals surface area contributed by atoms with Crippen LogP contribution in [-0.4, -0.2) is 64.7 Å². The van der Waals surface area contributed by atoms with E-state index in [1.165, 1.54) is 0 Å². The fourth-order valence-corrected chi connectivity index (χ4v) is 5.45. The summed E-state index contributed by atoms with van der Waals surface area (Å²) in [6.07, 6.45) is 0.935. The molecular weight excluding hydrogens is 495 g/mol. The van der Waals surface area contributed by atoms with Crippen LogP contribution in [-0.2, 0) is 17.4 Å². The molecule has 0 spiro atoms. The number of nitrogens with one attached hydrogen (secondary N) is 1. The van der Waals surface area contributed by atoms with Crippen molar-refractivity contribution in [2.24, 2.45) is 11.8 Å². The Bertz CT molecular complexity index is 1110. The van der Waals surface area contributed by atoms with Gasteiger partial charge in [-0.2, -0.15) is 13.2 Å². The molecule has 206 valence electrons. The number of benzene rings is 1.